The minimum Gasteiger partial charge on any atom is -0.368 e. The van der Waals surface area contributed by atoms with E-state index in [0.29, 0.717) is 32.7 Å². The van der Waals surface area contributed by atoms with Gasteiger partial charge in [-0.1, -0.05) is 6.92 Å². The fourth-order valence-corrected chi connectivity index (χ4v) is 2.82. The molecule has 2 aliphatic heterocycles. The predicted octanol–water partition coefficient (Wildman–Crippen LogP) is -0.556. The van der Waals surface area contributed by atoms with Gasteiger partial charge in [-0.3, -0.25) is 14.5 Å². The van der Waals surface area contributed by atoms with Crippen molar-refractivity contribution in [2.75, 3.05) is 40.3 Å². The first kappa shape index (κ1) is 14.3. The molecule has 0 aromatic heterocycles. The van der Waals surface area contributed by atoms with E-state index < -0.39 is 0 Å². The topological polar surface area (TPSA) is 61.9 Å². The van der Waals surface area contributed by atoms with Gasteiger partial charge in [0, 0.05) is 20.0 Å². The fraction of sp³-hybridized carbons (Fsp3) is 0.846. The zero-order chi connectivity index (χ0) is 14.0. The van der Waals surface area contributed by atoms with Crippen molar-refractivity contribution >= 4 is 11.8 Å². The zero-order valence-corrected chi connectivity index (χ0v) is 11.9. The first-order valence-electron chi connectivity index (χ1n) is 6.85. The molecule has 2 amide bonds. The van der Waals surface area contributed by atoms with Gasteiger partial charge in [0.05, 0.1) is 19.7 Å². The number of carbonyl (C=O) groups is 2. The number of rotatable bonds is 3. The maximum atomic E-state index is 11.7. The van der Waals surface area contributed by atoms with Gasteiger partial charge >= 0.3 is 0 Å². The molecule has 6 nitrogen and oxygen atoms in total. The summed E-state index contributed by atoms with van der Waals surface area (Å²) in [6.07, 6.45) is 1.48. The molecule has 1 spiro atoms. The van der Waals surface area contributed by atoms with E-state index in [0.717, 1.165) is 6.42 Å². The molecule has 2 saturated heterocycles. The van der Waals surface area contributed by atoms with Crippen LogP contribution in [0, 0.1) is 0 Å². The van der Waals surface area contributed by atoms with Crippen LogP contribution in [0.4, 0.5) is 0 Å². The van der Waals surface area contributed by atoms with Crippen LogP contribution < -0.4 is 5.32 Å². The van der Waals surface area contributed by atoms with Crippen LogP contribution >= 0.6 is 0 Å². The number of morpholine rings is 1. The number of nitrogens with zero attached hydrogens (tertiary/aromatic N) is 2. The summed E-state index contributed by atoms with van der Waals surface area (Å²) in [6.45, 7) is 4.40. The molecule has 1 atom stereocenters. The van der Waals surface area contributed by atoms with Gasteiger partial charge < -0.3 is 15.0 Å². The van der Waals surface area contributed by atoms with E-state index in [1.807, 2.05) is 23.8 Å². The highest BCUT2D eigenvalue weighted by Gasteiger charge is 2.50. The van der Waals surface area contributed by atoms with Crippen LogP contribution in [-0.4, -0.2) is 73.6 Å². The molecule has 0 bridgehead atoms. The molecule has 2 rings (SSSR count). The third-order valence-electron chi connectivity index (χ3n) is 3.94. The van der Waals surface area contributed by atoms with Crippen molar-refractivity contribution in [1.82, 2.24) is 15.1 Å². The van der Waals surface area contributed by atoms with Crippen LogP contribution in [-0.2, 0) is 14.3 Å². The van der Waals surface area contributed by atoms with Crippen LogP contribution in [0.3, 0.4) is 0 Å². The molecule has 2 heterocycles. The summed E-state index contributed by atoms with van der Waals surface area (Å²) in [5.41, 5.74) is -0.261. The first-order valence-corrected chi connectivity index (χ1v) is 6.85. The first-order chi connectivity index (χ1) is 9.01. The molecule has 2 aliphatic rings. The number of likely N-dealkylation sites (N-methyl/N-ethyl adjacent to an activating group) is 2. The Morgan fingerprint density at radius 1 is 1.37 bits per heavy atom. The lowest BCUT2D eigenvalue weighted by Gasteiger charge is -2.54. The standard InChI is InChI=1S/C13H23N3O3/c1-4-5-11(17)16-8-13(9-16)7-15(3)10(6-19-13)12(18)14-2/h10H,4-9H2,1-3H3,(H,14,18). The van der Waals surface area contributed by atoms with Gasteiger partial charge in [0.1, 0.15) is 11.6 Å². The van der Waals surface area contributed by atoms with Crippen LogP contribution in [0.2, 0.25) is 0 Å². The van der Waals surface area contributed by atoms with Gasteiger partial charge in [-0.2, -0.15) is 0 Å². The second-order valence-corrected chi connectivity index (χ2v) is 5.54. The van der Waals surface area contributed by atoms with Crippen LogP contribution in [0.25, 0.3) is 0 Å². The average molecular weight is 269 g/mol. The summed E-state index contributed by atoms with van der Waals surface area (Å²) in [5.74, 6) is 0.184. The summed E-state index contributed by atoms with van der Waals surface area (Å²) in [6, 6.07) is -0.226. The monoisotopic (exact) mass is 269 g/mol. The third kappa shape index (κ3) is 2.74. The van der Waals surface area contributed by atoms with Gasteiger partial charge in [-0.25, -0.2) is 0 Å². The molecule has 0 saturated carbocycles. The van der Waals surface area contributed by atoms with Gasteiger partial charge in [0.25, 0.3) is 0 Å². The Hall–Kier alpha value is -1.14. The second kappa shape index (κ2) is 5.46. The Balaban J connectivity index is 1.87. The molecule has 2 fully saturated rings. The molecule has 108 valence electrons. The number of likely N-dealkylation sites (tertiary alicyclic amines) is 1. The van der Waals surface area contributed by atoms with Crippen molar-refractivity contribution in [2.45, 2.75) is 31.4 Å². The summed E-state index contributed by atoms with van der Waals surface area (Å²) in [7, 11) is 3.57. The number of hydrogen-bond donors (Lipinski definition) is 1. The Morgan fingerprint density at radius 3 is 2.58 bits per heavy atom. The number of ether oxygens (including phenoxy) is 1. The summed E-state index contributed by atoms with van der Waals surface area (Å²) in [5, 5.41) is 2.65. The van der Waals surface area contributed by atoms with Crippen molar-refractivity contribution in [3.8, 4) is 0 Å². The maximum Gasteiger partial charge on any atom is 0.239 e. The fourth-order valence-electron chi connectivity index (χ4n) is 2.82. The number of nitrogens with one attached hydrogen (secondary N) is 1. The van der Waals surface area contributed by atoms with Gasteiger partial charge in [-0.05, 0) is 13.5 Å². The molecular formula is C13H23N3O3. The summed E-state index contributed by atoms with van der Waals surface area (Å²) in [4.78, 5) is 27.3. The Morgan fingerprint density at radius 2 is 2.05 bits per heavy atom. The lowest BCUT2D eigenvalue weighted by atomic mass is 9.90. The largest absolute Gasteiger partial charge is 0.368 e. The van der Waals surface area contributed by atoms with Crippen molar-refractivity contribution in [2.24, 2.45) is 0 Å². The molecule has 0 aromatic rings. The van der Waals surface area contributed by atoms with Gasteiger partial charge in [-0.15, -0.1) is 0 Å². The van der Waals surface area contributed by atoms with E-state index in [-0.39, 0.29) is 23.5 Å². The van der Waals surface area contributed by atoms with E-state index in [4.69, 9.17) is 4.74 Å². The number of carbonyl (C=O) groups excluding carboxylic acids is 2. The molecule has 6 heteroatoms. The van der Waals surface area contributed by atoms with E-state index in [1.54, 1.807) is 7.05 Å². The second-order valence-electron chi connectivity index (χ2n) is 5.54. The number of hydrogen-bond acceptors (Lipinski definition) is 4. The predicted molar refractivity (Wildman–Crippen MR) is 70.7 cm³/mol. The lowest BCUT2D eigenvalue weighted by molar-refractivity contribution is -0.201. The highest BCUT2D eigenvalue weighted by atomic mass is 16.5. The van der Waals surface area contributed by atoms with Crippen LogP contribution in [0.15, 0.2) is 0 Å². The normalized spacial score (nSPS) is 26.1. The zero-order valence-electron chi connectivity index (χ0n) is 11.9. The third-order valence-corrected chi connectivity index (χ3v) is 3.94. The van der Waals surface area contributed by atoms with E-state index in [2.05, 4.69) is 5.32 Å². The van der Waals surface area contributed by atoms with E-state index >= 15 is 0 Å². The molecular weight excluding hydrogens is 246 g/mol. The molecule has 1 unspecified atom stereocenters. The van der Waals surface area contributed by atoms with E-state index in [1.165, 1.54) is 0 Å². The lowest BCUT2D eigenvalue weighted by Crippen LogP contribution is -2.73. The Kier molecular flexibility index (Phi) is 4.10. The van der Waals surface area contributed by atoms with Gasteiger partial charge in [0.2, 0.25) is 11.8 Å². The minimum absolute atomic E-state index is 0.0180. The molecule has 19 heavy (non-hydrogen) atoms. The van der Waals surface area contributed by atoms with E-state index in [9.17, 15) is 9.59 Å². The van der Waals surface area contributed by atoms with Crippen molar-refractivity contribution in [3.63, 3.8) is 0 Å². The van der Waals surface area contributed by atoms with Crippen molar-refractivity contribution < 1.29 is 14.3 Å². The quantitative estimate of drug-likeness (QED) is 0.746. The minimum atomic E-state index is -0.261. The van der Waals surface area contributed by atoms with Crippen LogP contribution in [0.1, 0.15) is 19.8 Å². The SMILES string of the molecule is CCCC(=O)N1CC2(C1)CN(C)C(C(=O)NC)CO2. The molecule has 1 N–H and O–H groups in total. The number of amides is 2. The van der Waals surface area contributed by atoms with Crippen LogP contribution in [0.5, 0.6) is 0 Å². The smallest absolute Gasteiger partial charge is 0.239 e. The maximum absolute atomic E-state index is 11.7. The molecule has 0 aromatic carbocycles. The highest BCUT2D eigenvalue weighted by Crippen LogP contribution is 2.31. The summed E-state index contributed by atoms with van der Waals surface area (Å²) < 4.78 is 5.87. The molecule has 0 aliphatic carbocycles. The van der Waals surface area contributed by atoms with Gasteiger partial charge in [0.15, 0.2) is 0 Å². The van der Waals surface area contributed by atoms with Crippen molar-refractivity contribution in [3.05, 3.63) is 0 Å². The average Bonchev–Trinajstić information content (AvgIpc) is 2.35. The van der Waals surface area contributed by atoms with Crippen molar-refractivity contribution in [1.29, 1.82) is 0 Å². The highest BCUT2D eigenvalue weighted by molar-refractivity contribution is 5.81. The summed E-state index contributed by atoms with van der Waals surface area (Å²) >= 11 is 0. The molecule has 0 radical (unpaired) electrons. The Bertz CT molecular complexity index is 366. The Labute approximate surface area is 114 Å².